The van der Waals surface area contributed by atoms with Crippen LogP contribution in [0, 0.1) is 6.92 Å². The van der Waals surface area contributed by atoms with E-state index in [9.17, 15) is 0 Å². The number of hydrogen-bond acceptors (Lipinski definition) is 6. The standard InChI is InChI=1S/C16H20N6O/c1-12-18-19-15(20(12)2)11-21-7-9-22(10-8-21)16-17-13-5-3-4-6-14(13)23-16/h3-6H,7-11H2,1-2H3. The average molecular weight is 312 g/mol. The van der Waals surface area contributed by atoms with Gasteiger partial charge < -0.3 is 13.9 Å². The molecule has 0 spiro atoms. The van der Waals surface area contributed by atoms with Gasteiger partial charge in [0.1, 0.15) is 17.2 Å². The van der Waals surface area contributed by atoms with E-state index in [4.69, 9.17) is 4.42 Å². The number of hydrogen-bond donors (Lipinski definition) is 0. The molecule has 23 heavy (non-hydrogen) atoms. The van der Waals surface area contributed by atoms with E-state index in [1.807, 2.05) is 42.8 Å². The smallest absolute Gasteiger partial charge is 0.298 e. The van der Waals surface area contributed by atoms with Crippen LogP contribution in [-0.4, -0.2) is 50.8 Å². The van der Waals surface area contributed by atoms with Gasteiger partial charge in [0.25, 0.3) is 6.01 Å². The Morgan fingerprint density at radius 1 is 1.09 bits per heavy atom. The highest BCUT2D eigenvalue weighted by Crippen LogP contribution is 2.22. The fraction of sp³-hybridized carbons (Fsp3) is 0.438. The lowest BCUT2D eigenvalue weighted by Gasteiger charge is -2.33. The molecule has 7 heteroatoms. The van der Waals surface area contributed by atoms with Crippen molar-refractivity contribution in [3.8, 4) is 0 Å². The first-order valence-corrected chi connectivity index (χ1v) is 7.88. The number of oxazole rings is 1. The molecule has 3 heterocycles. The fourth-order valence-corrected chi connectivity index (χ4v) is 2.88. The summed E-state index contributed by atoms with van der Waals surface area (Å²) in [5.41, 5.74) is 1.76. The van der Waals surface area contributed by atoms with Crippen molar-refractivity contribution in [2.24, 2.45) is 7.05 Å². The Morgan fingerprint density at radius 3 is 2.57 bits per heavy atom. The Morgan fingerprint density at radius 2 is 1.87 bits per heavy atom. The van der Waals surface area contributed by atoms with E-state index >= 15 is 0 Å². The van der Waals surface area contributed by atoms with Gasteiger partial charge in [0, 0.05) is 33.2 Å². The maximum absolute atomic E-state index is 5.85. The van der Waals surface area contributed by atoms with Crippen molar-refractivity contribution < 1.29 is 4.42 Å². The van der Waals surface area contributed by atoms with Crippen LogP contribution in [-0.2, 0) is 13.6 Å². The Labute approximate surface area is 134 Å². The van der Waals surface area contributed by atoms with Gasteiger partial charge in [-0.2, -0.15) is 4.98 Å². The molecule has 2 aromatic heterocycles. The third-order valence-corrected chi connectivity index (χ3v) is 4.47. The minimum Gasteiger partial charge on any atom is -0.423 e. The van der Waals surface area contributed by atoms with E-state index in [1.165, 1.54) is 0 Å². The first kappa shape index (κ1) is 14.2. The summed E-state index contributed by atoms with van der Waals surface area (Å²) in [4.78, 5) is 9.18. The number of fused-ring (bicyclic) bond motifs is 1. The van der Waals surface area contributed by atoms with Gasteiger partial charge in [-0.05, 0) is 19.1 Å². The molecule has 0 saturated carbocycles. The largest absolute Gasteiger partial charge is 0.423 e. The third-order valence-electron chi connectivity index (χ3n) is 4.47. The molecule has 1 aliphatic heterocycles. The summed E-state index contributed by atoms with van der Waals surface area (Å²) in [5.74, 6) is 1.96. The molecular formula is C16H20N6O. The molecular weight excluding hydrogens is 292 g/mol. The first-order chi connectivity index (χ1) is 11.2. The molecule has 1 aromatic carbocycles. The van der Waals surface area contributed by atoms with Crippen LogP contribution in [0.3, 0.4) is 0 Å². The van der Waals surface area contributed by atoms with Gasteiger partial charge in [-0.15, -0.1) is 10.2 Å². The van der Waals surface area contributed by atoms with Crippen molar-refractivity contribution in [1.82, 2.24) is 24.6 Å². The number of nitrogens with zero attached hydrogens (tertiary/aromatic N) is 6. The van der Waals surface area contributed by atoms with Gasteiger partial charge in [-0.3, -0.25) is 4.90 Å². The molecule has 0 N–H and O–H groups in total. The summed E-state index contributed by atoms with van der Waals surface area (Å²) in [6.45, 7) is 6.54. The molecule has 0 aliphatic carbocycles. The second-order valence-electron chi connectivity index (χ2n) is 5.95. The topological polar surface area (TPSA) is 63.2 Å². The normalized spacial score (nSPS) is 16.3. The van der Waals surface area contributed by atoms with Crippen molar-refractivity contribution in [2.75, 3.05) is 31.1 Å². The fourth-order valence-electron chi connectivity index (χ4n) is 2.88. The average Bonchev–Trinajstić information content (AvgIpc) is 3.14. The van der Waals surface area contributed by atoms with Crippen LogP contribution in [0.5, 0.6) is 0 Å². The Hall–Kier alpha value is -2.41. The predicted molar refractivity (Wildman–Crippen MR) is 87.2 cm³/mol. The number of aryl methyl sites for hydroxylation is 1. The molecule has 0 amide bonds. The van der Waals surface area contributed by atoms with E-state index in [1.54, 1.807) is 0 Å². The Kier molecular flexibility index (Phi) is 3.49. The monoisotopic (exact) mass is 312 g/mol. The summed E-state index contributed by atoms with van der Waals surface area (Å²) in [6, 6.07) is 8.61. The van der Waals surface area contributed by atoms with Crippen LogP contribution < -0.4 is 4.90 Å². The summed E-state index contributed by atoms with van der Waals surface area (Å²) in [7, 11) is 2.01. The predicted octanol–water partition coefficient (Wildman–Crippen LogP) is 1.59. The Bertz CT molecular complexity index is 782. The SMILES string of the molecule is Cc1nnc(CN2CCN(c3nc4ccccc4o3)CC2)n1C. The number of rotatable bonds is 3. The zero-order valence-corrected chi connectivity index (χ0v) is 13.4. The summed E-state index contributed by atoms with van der Waals surface area (Å²) >= 11 is 0. The van der Waals surface area contributed by atoms with Crippen molar-refractivity contribution in [3.63, 3.8) is 0 Å². The van der Waals surface area contributed by atoms with Crippen LogP contribution in [0.25, 0.3) is 11.1 Å². The molecule has 1 saturated heterocycles. The van der Waals surface area contributed by atoms with E-state index in [0.717, 1.165) is 61.5 Å². The maximum atomic E-state index is 5.85. The van der Waals surface area contributed by atoms with Crippen LogP contribution >= 0.6 is 0 Å². The molecule has 4 rings (SSSR count). The minimum absolute atomic E-state index is 0.723. The van der Waals surface area contributed by atoms with Crippen molar-refractivity contribution >= 4 is 17.1 Å². The summed E-state index contributed by atoms with van der Waals surface area (Å²) in [5, 5.41) is 8.36. The summed E-state index contributed by atoms with van der Waals surface area (Å²) in [6.07, 6.45) is 0. The van der Waals surface area contributed by atoms with Crippen molar-refractivity contribution in [3.05, 3.63) is 35.9 Å². The highest BCUT2D eigenvalue weighted by atomic mass is 16.4. The van der Waals surface area contributed by atoms with E-state index < -0.39 is 0 Å². The molecule has 0 bridgehead atoms. The highest BCUT2D eigenvalue weighted by Gasteiger charge is 2.22. The van der Waals surface area contributed by atoms with Gasteiger partial charge in [0.2, 0.25) is 0 Å². The Balaban J connectivity index is 1.41. The van der Waals surface area contributed by atoms with E-state index in [0.29, 0.717) is 0 Å². The van der Waals surface area contributed by atoms with E-state index in [2.05, 4.69) is 25.0 Å². The molecule has 1 aliphatic rings. The second kappa shape index (κ2) is 5.66. The quantitative estimate of drug-likeness (QED) is 0.732. The molecule has 7 nitrogen and oxygen atoms in total. The molecule has 0 radical (unpaired) electrons. The van der Waals surface area contributed by atoms with Crippen LogP contribution in [0.1, 0.15) is 11.6 Å². The van der Waals surface area contributed by atoms with Crippen LogP contribution in [0.4, 0.5) is 6.01 Å². The number of anilines is 1. The lowest BCUT2D eigenvalue weighted by atomic mass is 10.3. The lowest BCUT2D eigenvalue weighted by molar-refractivity contribution is 0.237. The number of aromatic nitrogens is 4. The zero-order valence-electron chi connectivity index (χ0n) is 13.4. The zero-order chi connectivity index (χ0) is 15.8. The molecule has 3 aromatic rings. The minimum atomic E-state index is 0.723. The molecule has 1 fully saturated rings. The molecule has 120 valence electrons. The van der Waals surface area contributed by atoms with Gasteiger partial charge in [-0.1, -0.05) is 12.1 Å². The number of para-hydroxylation sites is 2. The van der Waals surface area contributed by atoms with Gasteiger partial charge in [0.15, 0.2) is 5.58 Å². The van der Waals surface area contributed by atoms with Crippen molar-refractivity contribution in [1.29, 1.82) is 0 Å². The summed E-state index contributed by atoms with van der Waals surface area (Å²) < 4.78 is 7.90. The van der Waals surface area contributed by atoms with Gasteiger partial charge in [0.05, 0.1) is 6.54 Å². The number of benzene rings is 1. The van der Waals surface area contributed by atoms with Gasteiger partial charge in [-0.25, -0.2) is 0 Å². The third kappa shape index (κ3) is 2.68. The lowest BCUT2D eigenvalue weighted by Crippen LogP contribution is -2.46. The van der Waals surface area contributed by atoms with Crippen LogP contribution in [0.2, 0.25) is 0 Å². The molecule has 0 unspecified atom stereocenters. The van der Waals surface area contributed by atoms with Crippen LogP contribution in [0.15, 0.2) is 28.7 Å². The first-order valence-electron chi connectivity index (χ1n) is 7.88. The maximum Gasteiger partial charge on any atom is 0.298 e. The highest BCUT2D eigenvalue weighted by molar-refractivity contribution is 5.74. The number of piperazine rings is 1. The van der Waals surface area contributed by atoms with Gasteiger partial charge >= 0.3 is 0 Å². The van der Waals surface area contributed by atoms with Crippen molar-refractivity contribution in [2.45, 2.75) is 13.5 Å². The molecule has 0 atom stereocenters. The van der Waals surface area contributed by atoms with E-state index in [-0.39, 0.29) is 0 Å². The second-order valence-corrected chi connectivity index (χ2v) is 5.95.